The molecule has 1 saturated heterocycles. The van der Waals surface area contributed by atoms with E-state index in [1.54, 1.807) is 29.3 Å². The van der Waals surface area contributed by atoms with Crippen LogP contribution in [0, 0.1) is 19.8 Å². The van der Waals surface area contributed by atoms with Crippen LogP contribution < -0.4 is 15.0 Å². The number of nitrogens with zero attached hydrogens (tertiary/aromatic N) is 2. The number of nitrogens with one attached hydrogen (secondary N) is 1. The standard InChI is InChI=1S/C25H25N3O3/c1-17-9-10-21(14-18(17)2)28-13-11-23(25(28)30)24(29)27-19-7-5-8-22(15-19)31-16-20-6-3-4-12-26-20/h3-10,12,14-15,23H,11,13,16H2,1-2H3,(H,27,29). The number of benzene rings is 2. The normalized spacial score (nSPS) is 15.7. The molecule has 2 amide bonds. The van der Waals surface area contributed by atoms with Crippen molar-refractivity contribution in [3.8, 4) is 5.75 Å². The van der Waals surface area contributed by atoms with Crippen molar-refractivity contribution in [1.29, 1.82) is 0 Å². The van der Waals surface area contributed by atoms with Crippen LogP contribution >= 0.6 is 0 Å². The molecule has 2 aromatic carbocycles. The lowest BCUT2D eigenvalue weighted by molar-refractivity contribution is -0.129. The lowest BCUT2D eigenvalue weighted by Crippen LogP contribution is -2.33. The number of hydrogen-bond donors (Lipinski definition) is 1. The first-order chi connectivity index (χ1) is 15.0. The van der Waals surface area contributed by atoms with E-state index in [4.69, 9.17) is 4.74 Å². The molecule has 158 valence electrons. The Hall–Kier alpha value is -3.67. The van der Waals surface area contributed by atoms with Gasteiger partial charge in [-0.2, -0.15) is 0 Å². The van der Waals surface area contributed by atoms with E-state index in [0.717, 1.165) is 16.9 Å². The molecule has 6 heteroatoms. The molecule has 31 heavy (non-hydrogen) atoms. The lowest BCUT2D eigenvalue weighted by atomic mass is 10.1. The Kier molecular flexibility index (Phi) is 5.98. The Bertz CT molecular complexity index is 1100. The molecule has 2 heterocycles. The predicted octanol–water partition coefficient (Wildman–Crippen LogP) is 4.27. The second kappa shape index (κ2) is 9.00. The van der Waals surface area contributed by atoms with Crippen molar-refractivity contribution in [2.45, 2.75) is 26.9 Å². The zero-order chi connectivity index (χ0) is 21.8. The summed E-state index contributed by atoms with van der Waals surface area (Å²) >= 11 is 0. The minimum Gasteiger partial charge on any atom is -0.487 e. The molecular weight excluding hydrogens is 390 g/mol. The molecule has 1 aromatic heterocycles. The highest BCUT2D eigenvalue weighted by atomic mass is 16.5. The van der Waals surface area contributed by atoms with Crippen LogP contribution in [0.2, 0.25) is 0 Å². The van der Waals surface area contributed by atoms with E-state index in [-0.39, 0.29) is 11.8 Å². The van der Waals surface area contributed by atoms with Crippen molar-refractivity contribution >= 4 is 23.2 Å². The van der Waals surface area contributed by atoms with Gasteiger partial charge in [0.05, 0.1) is 5.69 Å². The molecule has 0 bridgehead atoms. The largest absolute Gasteiger partial charge is 0.487 e. The van der Waals surface area contributed by atoms with Crippen LogP contribution in [0.1, 0.15) is 23.2 Å². The van der Waals surface area contributed by atoms with E-state index >= 15 is 0 Å². The highest BCUT2D eigenvalue weighted by Gasteiger charge is 2.37. The summed E-state index contributed by atoms with van der Waals surface area (Å²) in [7, 11) is 0. The minimum atomic E-state index is -0.695. The summed E-state index contributed by atoms with van der Waals surface area (Å²) < 4.78 is 5.77. The fraction of sp³-hybridized carbons (Fsp3) is 0.240. The molecule has 0 aliphatic carbocycles. The molecule has 6 nitrogen and oxygen atoms in total. The number of pyridine rings is 1. The summed E-state index contributed by atoms with van der Waals surface area (Å²) in [6.45, 7) is 4.93. The molecule has 1 aliphatic rings. The van der Waals surface area contributed by atoms with E-state index in [0.29, 0.717) is 31.0 Å². The van der Waals surface area contributed by atoms with Gasteiger partial charge in [-0.25, -0.2) is 0 Å². The Morgan fingerprint density at radius 1 is 1.10 bits per heavy atom. The van der Waals surface area contributed by atoms with Gasteiger partial charge in [-0.3, -0.25) is 14.6 Å². The first-order valence-corrected chi connectivity index (χ1v) is 10.3. The smallest absolute Gasteiger partial charge is 0.239 e. The molecule has 1 N–H and O–H groups in total. The molecule has 0 radical (unpaired) electrons. The van der Waals surface area contributed by atoms with Crippen LogP contribution in [-0.4, -0.2) is 23.3 Å². The SMILES string of the molecule is Cc1ccc(N2CCC(C(=O)Nc3cccc(OCc4ccccn4)c3)C2=O)cc1C. The monoisotopic (exact) mass is 415 g/mol. The van der Waals surface area contributed by atoms with Crippen LogP contribution in [0.25, 0.3) is 0 Å². The number of rotatable bonds is 6. The topological polar surface area (TPSA) is 71.5 Å². The Morgan fingerprint density at radius 3 is 2.74 bits per heavy atom. The number of anilines is 2. The summed E-state index contributed by atoms with van der Waals surface area (Å²) in [5.74, 6) is -0.529. The van der Waals surface area contributed by atoms with E-state index in [1.807, 2.05) is 56.3 Å². The molecule has 1 fully saturated rings. The zero-order valence-corrected chi connectivity index (χ0v) is 17.7. The van der Waals surface area contributed by atoms with Crippen molar-refractivity contribution in [1.82, 2.24) is 4.98 Å². The Balaban J connectivity index is 1.39. The quantitative estimate of drug-likeness (QED) is 0.611. The van der Waals surface area contributed by atoms with Gasteiger partial charge in [0.1, 0.15) is 18.3 Å². The number of ether oxygens (including phenoxy) is 1. The minimum absolute atomic E-state index is 0.164. The number of carbonyl (C=O) groups excluding carboxylic acids is 2. The fourth-order valence-corrected chi connectivity index (χ4v) is 3.61. The molecule has 3 aromatic rings. The maximum Gasteiger partial charge on any atom is 0.239 e. The number of carbonyl (C=O) groups is 2. The van der Waals surface area contributed by atoms with Gasteiger partial charge in [-0.15, -0.1) is 0 Å². The van der Waals surface area contributed by atoms with Crippen molar-refractivity contribution in [2.24, 2.45) is 5.92 Å². The summed E-state index contributed by atoms with van der Waals surface area (Å²) in [4.78, 5) is 31.6. The maximum atomic E-state index is 12.9. The molecule has 1 aliphatic heterocycles. The van der Waals surface area contributed by atoms with Crippen LogP contribution in [-0.2, 0) is 16.2 Å². The van der Waals surface area contributed by atoms with E-state index < -0.39 is 5.92 Å². The Morgan fingerprint density at radius 2 is 1.97 bits per heavy atom. The lowest BCUT2D eigenvalue weighted by Gasteiger charge is -2.18. The van der Waals surface area contributed by atoms with Crippen LogP contribution in [0.15, 0.2) is 66.9 Å². The van der Waals surface area contributed by atoms with Crippen molar-refractivity contribution in [3.63, 3.8) is 0 Å². The third-order valence-corrected chi connectivity index (χ3v) is 5.54. The van der Waals surface area contributed by atoms with Gasteiger partial charge in [0.2, 0.25) is 11.8 Å². The summed E-state index contributed by atoms with van der Waals surface area (Å²) in [5, 5.41) is 2.86. The van der Waals surface area contributed by atoms with Gasteiger partial charge < -0.3 is 15.0 Å². The molecule has 4 rings (SSSR count). The number of amides is 2. The van der Waals surface area contributed by atoms with E-state index in [2.05, 4.69) is 10.3 Å². The highest BCUT2D eigenvalue weighted by molar-refractivity contribution is 6.13. The average Bonchev–Trinajstić information content (AvgIpc) is 3.17. The molecule has 1 atom stereocenters. The fourth-order valence-electron chi connectivity index (χ4n) is 3.61. The second-order valence-corrected chi connectivity index (χ2v) is 7.73. The maximum absolute atomic E-state index is 12.9. The third kappa shape index (κ3) is 4.74. The van der Waals surface area contributed by atoms with Crippen molar-refractivity contribution in [3.05, 3.63) is 83.7 Å². The summed E-state index contributed by atoms with van der Waals surface area (Å²) in [5.41, 5.74) is 4.56. The van der Waals surface area contributed by atoms with Gasteiger partial charge in [-0.1, -0.05) is 18.2 Å². The van der Waals surface area contributed by atoms with E-state index in [1.165, 1.54) is 5.56 Å². The van der Waals surface area contributed by atoms with Gasteiger partial charge in [-0.05, 0) is 67.8 Å². The van der Waals surface area contributed by atoms with E-state index in [9.17, 15) is 9.59 Å². The average molecular weight is 415 g/mol. The molecule has 1 unspecified atom stereocenters. The number of aryl methyl sites for hydroxylation is 2. The first-order valence-electron chi connectivity index (χ1n) is 10.3. The van der Waals surface area contributed by atoms with Gasteiger partial charge >= 0.3 is 0 Å². The molecule has 0 spiro atoms. The first kappa shape index (κ1) is 20.6. The van der Waals surface area contributed by atoms with Crippen molar-refractivity contribution < 1.29 is 14.3 Å². The van der Waals surface area contributed by atoms with Crippen molar-refractivity contribution in [2.75, 3.05) is 16.8 Å². The molecular formula is C25H25N3O3. The summed E-state index contributed by atoms with van der Waals surface area (Å²) in [6.07, 6.45) is 2.21. The van der Waals surface area contributed by atoms with Crippen LogP contribution in [0.3, 0.4) is 0 Å². The zero-order valence-electron chi connectivity index (χ0n) is 17.7. The number of hydrogen-bond acceptors (Lipinski definition) is 4. The van der Waals surface area contributed by atoms with Crippen LogP contribution in [0.4, 0.5) is 11.4 Å². The van der Waals surface area contributed by atoms with Gasteiger partial charge in [0, 0.05) is 30.2 Å². The van der Waals surface area contributed by atoms with Gasteiger partial charge in [0.25, 0.3) is 0 Å². The summed E-state index contributed by atoms with van der Waals surface area (Å²) in [6, 6.07) is 18.7. The third-order valence-electron chi connectivity index (χ3n) is 5.54. The number of aromatic nitrogens is 1. The van der Waals surface area contributed by atoms with Crippen LogP contribution in [0.5, 0.6) is 5.75 Å². The highest BCUT2D eigenvalue weighted by Crippen LogP contribution is 2.28. The predicted molar refractivity (Wildman–Crippen MR) is 120 cm³/mol. The molecule has 0 saturated carbocycles. The van der Waals surface area contributed by atoms with Gasteiger partial charge in [0.15, 0.2) is 0 Å². The Labute approximate surface area is 181 Å². The second-order valence-electron chi connectivity index (χ2n) is 7.73.